The van der Waals surface area contributed by atoms with Crippen LogP contribution in [0.4, 0.5) is 0 Å². The molecule has 0 aromatic heterocycles. The molecule has 0 aromatic rings. The molecule has 100 valence electrons. The first-order valence-corrected chi connectivity index (χ1v) is 4.37. The molecule has 0 fully saturated rings. The van der Waals surface area contributed by atoms with Gasteiger partial charge in [-0.1, -0.05) is 0 Å². The van der Waals surface area contributed by atoms with Crippen molar-refractivity contribution in [3.8, 4) is 0 Å². The zero-order chi connectivity index (χ0) is 12.9. The number of nitrogens with two attached hydrogens (primary N) is 3. The number of aliphatic carboxylic acids is 1. The van der Waals surface area contributed by atoms with Crippen molar-refractivity contribution in [2.75, 3.05) is 6.54 Å². The highest BCUT2D eigenvalue weighted by Crippen LogP contribution is 2.16. The standard InChI is InChI=1S/C7H15N5O4.ClH/c1-7(12(15)16,3-11-6(9)10)2-4(8)5(13)14;/h4H,2-3,8H2,1H3,(H,13,14)(H4,9,10,11);1H/t4-,7?;/m0./s1. The number of hydrogen-bond acceptors (Lipinski definition) is 5. The number of nitro groups is 1. The molecule has 0 rings (SSSR count). The predicted octanol–water partition coefficient (Wildman–Crippen LogP) is -1.48. The molecule has 0 heterocycles. The van der Waals surface area contributed by atoms with Gasteiger partial charge in [-0.2, -0.15) is 0 Å². The number of hydrogen-bond donors (Lipinski definition) is 4. The number of aliphatic imine (C=N–C) groups is 1. The van der Waals surface area contributed by atoms with Crippen molar-refractivity contribution in [3.05, 3.63) is 10.1 Å². The maximum absolute atomic E-state index is 10.8. The van der Waals surface area contributed by atoms with Gasteiger partial charge in [0.1, 0.15) is 12.6 Å². The Bertz CT molecular complexity index is 319. The summed E-state index contributed by atoms with van der Waals surface area (Å²) in [5.74, 6) is -1.60. The number of carboxylic acid groups (broad SMARTS) is 1. The molecule has 0 spiro atoms. The third-order valence-electron chi connectivity index (χ3n) is 2.02. The van der Waals surface area contributed by atoms with Crippen molar-refractivity contribution in [3.63, 3.8) is 0 Å². The fourth-order valence-corrected chi connectivity index (χ4v) is 1.02. The van der Waals surface area contributed by atoms with Crippen molar-refractivity contribution in [1.82, 2.24) is 0 Å². The first-order chi connectivity index (χ1) is 7.19. The van der Waals surface area contributed by atoms with E-state index in [1.807, 2.05) is 0 Å². The molecule has 9 nitrogen and oxygen atoms in total. The largest absolute Gasteiger partial charge is 0.480 e. The Morgan fingerprint density at radius 1 is 1.59 bits per heavy atom. The maximum Gasteiger partial charge on any atom is 0.320 e. The van der Waals surface area contributed by atoms with Gasteiger partial charge in [-0.25, -0.2) is 4.99 Å². The van der Waals surface area contributed by atoms with E-state index in [-0.39, 0.29) is 31.3 Å². The Hall–Kier alpha value is -1.61. The van der Waals surface area contributed by atoms with Gasteiger partial charge in [0.15, 0.2) is 5.96 Å². The first-order valence-electron chi connectivity index (χ1n) is 4.37. The van der Waals surface area contributed by atoms with Crippen molar-refractivity contribution in [2.45, 2.75) is 24.9 Å². The molecule has 0 amide bonds. The van der Waals surface area contributed by atoms with Crippen LogP contribution in [0.25, 0.3) is 0 Å². The average molecular weight is 270 g/mol. The van der Waals surface area contributed by atoms with Gasteiger partial charge in [-0.3, -0.25) is 14.9 Å². The maximum atomic E-state index is 10.8. The molecule has 0 radical (unpaired) electrons. The molecule has 0 aliphatic heterocycles. The number of guanidine groups is 1. The minimum absolute atomic E-state index is 0. The van der Waals surface area contributed by atoms with E-state index in [2.05, 4.69) is 4.99 Å². The molecular formula is C7H16ClN5O4. The van der Waals surface area contributed by atoms with Crippen molar-refractivity contribution in [1.29, 1.82) is 0 Å². The predicted molar refractivity (Wildman–Crippen MR) is 63.6 cm³/mol. The van der Waals surface area contributed by atoms with Gasteiger partial charge in [0.25, 0.3) is 0 Å². The van der Waals surface area contributed by atoms with E-state index in [1.165, 1.54) is 6.92 Å². The topological polar surface area (TPSA) is 171 Å². The Kier molecular flexibility index (Phi) is 7.17. The molecule has 0 aromatic carbocycles. The average Bonchev–Trinajstić information content (AvgIpc) is 2.14. The fourth-order valence-electron chi connectivity index (χ4n) is 1.02. The molecule has 17 heavy (non-hydrogen) atoms. The van der Waals surface area contributed by atoms with Crippen molar-refractivity contribution >= 4 is 24.3 Å². The highest BCUT2D eigenvalue weighted by molar-refractivity contribution is 5.85. The summed E-state index contributed by atoms with van der Waals surface area (Å²) in [6.45, 7) is 0.922. The molecule has 0 saturated heterocycles. The summed E-state index contributed by atoms with van der Waals surface area (Å²) in [6, 6.07) is -1.33. The van der Waals surface area contributed by atoms with E-state index in [1.54, 1.807) is 0 Å². The second-order valence-corrected chi connectivity index (χ2v) is 3.64. The molecule has 1 unspecified atom stereocenters. The lowest BCUT2D eigenvalue weighted by Gasteiger charge is -2.20. The molecule has 2 atom stereocenters. The van der Waals surface area contributed by atoms with Gasteiger partial charge in [-0.15, -0.1) is 12.4 Å². The lowest BCUT2D eigenvalue weighted by Crippen LogP contribution is -2.47. The summed E-state index contributed by atoms with van der Waals surface area (Å²) in [5, 5.41) is 19.4. The molecular weight excluding hydrogens is 254 g/mol. The van der Waals surface area contributed by atoms with E-state index in [0.29, 0.717) is 0 Å². The Morgan fingerprint density at radius 2 is 2.06 bits per heavy atom. The number of carbonyl (C=O) groups is 1. The Labute approximate surface area is 104 Å². The van der Waals surface area contributed by atoms with Crippen LogP contribution >= 0.6 is 12.4 Å². The quantitative estimate of drug-likeness (QED) is 0.197. The van der Waals surface area contributed by atoms with Crippen molar-refractivity contribution < 1.29 is 14.8 Å². The molecule has 7 N–H and O–H groups in total. The van der Waals surface area contributed by atoms with Gasteiger partial charge >= 0.3 is 5.97 Å². The smallest absolute Gasteiger partial charge is 0.320 e. The molecule has 0 aliphatic rings. The van der Waals surface area contributed by atoms with Gasteiger partial charge in [0.05, 0.1) is 0 Å². The van der Waals surface area contributed by atoms with Crippen LogP contribution < -0.4 is 17.2 Å². The summed E-state index contributed by atoms with van der Waals surface area (Å²) in [4.78, 5) is 24.2. The van der Waals surface area contributed by atoms with E-state index >= 15 is 0 Å². The van der Waals surface area contributed by atoms with Gasteiger partial charge in [-0.05, 0) is 0 Å². The fraction of sp³-hybridized carbons (Fsp3) is 0.714. The minimum atomic E-state index is -1.60. The lowest BCUT2D eigenvalue weighted by atomic mass is 9.94. The monoisotopic (exact) mass is 269 g/mol. The van der Waals surface area contributed by atoms with Gasteiger partial charge < -0.3 is 22.3 Å². The lowest BCUT2D eigenvalue weighted by molar-refractivity contribution is -0.563. The normalized spacial score (nSPS) is 14.9. The number of rotatable bonds is 6. The van der Waals surface area contributed by atoms with Crippen LogP contribution in [0.3, 0.4) is 0 Å². The number of halogens is 1. The number of nitrogens with zero attached hydrogens (tertiary/aromatic N) is 2. The van der Waals surface area contributed by atoms with Crippen molar-refractivity contribution in [2.24, 2.45) is 22.2 Å². The van der Waals surface area contributed by atoms with Crippen LogP contribution in [-0.2, 0) is 4.79 Å². The third-order valence-corrected chi connectivity index (χ3v) is 2.02. The molecule has 0 bridgehead atoms. The van der Waals surface area contributed by atoms with E-state index < -0.39 is 22.5 Å². The van der Waals surface area contributed by atoms with Crippen LogP contribution in [0.2, 0.25) is 0 Å². The van der Waals surface area contributed by atoms with E-state index in [9.17, 15) is 14.9 Å². The Morgan fingerprint density at radius 3 is 2.35 bits per heavy atom. The first kappa shape index (κ1) is 17.8. The zero-order valence-electron chi connectivity index (χ0n) is 9.20. The van der Waals surface area contributed by atoms with Gasteiger partial charge in [0, 0.05) is 18.3 Å². The second kappa shape index (κ2) is 6.86. The van der Waals surface area contributed by atoms with Gasteiger partial charge in [0.2, 0.25) is 5.54 Å². The molecule has 10 heteroatoms. The highest BCUT2D eigenvalue weighted by Gasteiger charge is 2.40. The SMILES string of the molecule is CC(CN=C(N)N)(C[C@H](N)C(=O)O)[N+](=O)[O-].Cl. The van der Waals surface area contributed by atoms with Crippen LogP contribution in [0, 0.1) is 10.1 Å². The molecule has 0 saturated carbocycles. The Balaban J connectivity index is 0. The summed E-state index contributed by atoms with van der Waals surface area (Å²) in [7, 11) is 0. The zero-order valence-corrected chi connectivity index (χ0v) is 10.0. The van der Waals surface area contributed by atoms with E-state index in [0.717, 1.165) is 0 Å². The summed E-state index contributed by atoms with van der Waals surface area (Å²) in [5.41, 5.74) is 13.7. The summed E-state index contributed by atoms with van der Waals surface area (Å²) >= 11 is 0. The third kappa shape index (κ3) is 5.88. The summed E-state index contributed by atoms with van der Waals surface area (Å²) < 4.78 is 0. The number of carboxylic acids is 1. The van der Waals surface area contributed by atoms with E-state index in [4.69, 9.17) is 22.3 Å². The van der Waals surface area contributed by atoms with Crippen LogP contribution in [-0.4, -0.2) is 40.1 Å². The minimum Gasteiger partial charge on any atom is -0.480 e. The second-order valence-electron chi connectivity index (χ2n) is 3.64. The van der Waals surface area contributed by atoms with Crippen LogP contribution in [0.5, 0.6) is 0 Å². The van der Waals surface area contributed by atoms with Crippen LogP contribution in [0.1, 0.15) is 13.3 Å². The highest BCUT2D eigenvalue weighted by atomic mass is 35.5. The summed E-state index contributed by atoms with van der Waals surface area (Å²) in [6.07, 6.45) is -0.355. The van der Waals surface area contributed by atoms with Crippen LogP contribution in [0.15, 0.2) is 4.99 Å². The molecule has 0 aliphatic carbocycles.